The van der Waals surface area contributed by atoms with Crippen LogP contribution in [0.4, 0.5) is 10.6 Å². The standard InChI is InChI=1S/C6H8N4O2S/c1-3-2-7-10-4(3)8-5(13)9-6(11)12/h2H,1H3,(H,11,12)(H3,7,8,9,10,13). The first-order chi connectivity index (χ1) is 6.09. The number of thiocarbonyl (C=S) groups is 1. The number of rotatable bonds is 1. The molecule has 1 aromatic heterocycles. The summed E-state index contributed by atoms with van der Waals surface area (Å²) in [4.78, 5) is 10.2. The van der Waals surface area contributed by atoms with Crippen molar-refractivity contribution < 1.29 is 9.90 Å². The Bertz CT molecular complexity index is 335. The number of anilines is 1. The van der Waals surface area contributed by atoms with Gasteiger partial charge >= 0.3 is 6.09 Å². The van der Waals surface area contributed by atoms with Crippen LogP contribution in [0.25, 0.3) is 0 Å². The Balaban J connectivity index is 2.55. The summed E-state index contributed by atoms with van der Waals surface area (Å²) in [5.41, 5.74) is 0.856. The molecule has 0 aromatic carbocycles. The number of nitrogens with one attached hydrogen (secondary N) is 3. The molecule has 0 saturated carbocycles. The Morgan fingerprint density at radius 2 is 2.46 bits per heavy atom. The quantitative estimate of drug-likeness (QED) is 0.500. The van der Waals surface area contributed by atoms with Crippen molar-refractivity contribution in [1.29, 1.82) is 0 Å². The zero-order valence-corrected chi connectivity index (χ0v) is 7.60. The molecule has 4 N–H and O–H groups in total. The van der Waals surface area contributed by atoms with Crippen molar-refractivity contribution in [3.8, 4) is 0 Å². The summed E-state index contributed by atoms with van der Waals surface area (Å²) in [7, 11) is 0. The molecular weight excluding hydrogens is 192 g/mol. The molecule has 70 valence electrons. The van der Waals surface area contributed by atoms with E-state index in [-0.39, 0.29) is 5.11 Å². The SMILES string of the molecule is Cc1cn[nH]c1NC(=S)NC(=O)O. The van der Waals surface area contributed by atoms with Crippen LogP contribution in [0.3, 0.4) is 0 Å². The molecule has 1 rings (SSSR count). The molecule has 1 aromatic rings. The molecule has 0 radical (unpaired) electrons. The highest BCUT2D eigenvalue weighted by Gasteiger charge is 2.04. The van der Waals surface area contributed by atoms with Crippen LogP contribution in [-0.2, 0) is 0 Å². The van der Waals surface area contributed by atoms with Gasteiger partial charge in [0, 0.05) is 5.56 Å². The number of amides is 1. The number of aromatic amines is 1. The van der Waals surface area contributed by atoms with E-state index in [2.05, 4.69) is 27.7 Å². The Hall–Kier alpha value is -1.63. The van der Waals surface area contributed by atoms with Gasteiger partial charge in [0.15, 0.2) is 5.11 Å². The van der Waals surface area contributed by atoms with E-state index in [4.69, 9.17) is 5.11 Å². The molecule has 0 spiro atoms. The van der Waals surface area contributed by atoms with Crippen molar-refractivity contribution in [3.05, 3.63) is 11.8 Å². The van der Waals surface area contributed by atoms with Gasteiger partial charge in [-0.2, -0.15) is 5.10 Å². The summed E-state index contributed by atoms with van der Waals surface area (Å²) in [6.45, 7) is 1.81. The van der Waals surface area contributed by atoms with E-state index in [0.717, 1.165) is 5.56 Å². The van der Waals surface area contributed by atoms with E-state index in [1.807, 2.05) is 12.2 Å². The molecule has 0 atom stereocenters. The first-order valence-corrected chi connectivity index (χ1v) is 3.81. The first-order valence-electron chi connectivity index (χ1n) is 3.40. The topological polar surface area (TPSA) is 90.0 Å². The van der Waals surface area contributed by atoms with E-state index in [0.29, 0.717) is 5.82 Å². The van der Waals surface area contributed by atoms with Gasteiger partial charge in [-0.3, -0.25) is 10.4 Å². The number of carbonyl (C=O) groups is 1. The van der Waals surface area contributed by atoms with Crippen LogP contribution in [0.2, 0.25) is 0 Å². The Kier molecular flexibility index (Phi) is 2.80. The van der Waals surface area contributed by atoms with Crippen LogP contribution in [0.5, 0.6) is 0 Å². The molecule has 0 fully saturated rings. The summed E-state index contributed by atoms with van der Waals surface area (Å²) in [5.74, 6) is 0.582. The monoisotopic (exact) mass is 200 g/mol. The maximum atomic E-state index is 10.2. The van der Waals surface area contributed by atoms with E-state index >= 15 is 0 Å². The number of hydrogen-bond acceptors (Lipinski definition) is 3. The molecule has 0 aliphatic rings. The maximum Gasteiger partial charge on any atom is 0.410 e. The number of carboxylic acid groups (broad SMARTS) is 1. The average molecular weight is 200 g/mol. The molecule has 1 amide bonds. The summed E-state index contributed by atoms with van der Waals surface area (Å²) in [5, 5.41) is 19.3. The lowest BCUT2D eigenvalue weighted by Gasteiger charge is -2.04. The van der Waals surface area contributed by atoms with E-state index < -0.39 is 6.09 Å². The smallest absolute Gasteiger partial charge is 0.410 e. The number of aromatic nitrogens is 2. The average Bonchev–Trinajstić information content (AvgIpc) is 2.34. The predicted octanol–water partition coefficient (Wildman–Crippen LogP) is 0.683. The lowest BCUT2D eigenvalue weighted by molar-refractivity contribution is 0.200. The minimum Gasteiger partial charge on any atom is -0.465 e. The van der Waals surface area contributed by atoms with Crippen molar-refractivity contribution in [1.82, 2.24) is 15.5 Å². The van der Waals surface area contributed by atoms with Crippen LogP contribution in [0.1, 0.15) is 5.56 Å². The highest BCUT2D eigenvalue weighted by atomic mass is 32.1. The molecule has 0 aliphatic carbocycles. The van der Waals surface area contributed by atoms with Gasteiger partial charge in [-0.15, -0.1) is 0 Å². The van der Waals surface area contributed by atoms with Crippen LogP contribution < -0.4 is 10.6 Å². The third kappa shape index (κ3) is 2.71. The second-order valence-electron chi connectivity index (χ2n) is 2.31. The maximum absolute atomic E-state index is 10.2. The molecule has 0 aliphatic heterocycles. The van der Waals surface area contributed by atoms with Gasteiger partial charge in [-0.05, 0) is 19.1 Å². The summed E-state index contributed by atoms with van der Waals surface area (Å²) < 4.78 is 0. The van der Waals surface area contributed by atoms with Crippen molar-refractivity contribution in [2.45, 2.75) is 6.92 Å². The highest BCUT2D eigenvalue weighted by molar-refractivity contribution is 7.80. The third-order valence-corrected chi connectivity index (χ3v) is 1.49. The molecule has 6 nitrogen and oxygen atoms in total. The van der Waals surface area contributed by atoms with Crippen molar-refractivity contribution in [3.63, 3.8) is 0 Å². The second-order valence-corrected chi connectivity index (χ2v) is 2.72. The molecule has 7 heteroatoms. The van der Waals surface area contributed by atoms with Gasteiger partial charge in [0.25, 0.3) is 0 Å². The summed E-state index contributed by atoms with van der Waals surface area (Å²) in [6.07, 6.45) is 0.404. The zero-order valence-electron chi connectivity index (χ0n) is 6.79. The molecular formula is C6H8N4O2S. The Labute approximate surface area is 79.3 Å². The zero-order chi connectivity index (χ0) is 9.84. The summed E-state index contributed by atoms with van der Waals surface area (Å²) in [6, 6.07) is 0. The van der Waals surface area contributed by atoms with Crippen molar-refractivity contribution in [2.75, 3.05) is 5.32 Å². The van der Waals surface area contributed by atoms with Gasteiger partial charge in [0.2, 0.25) is 0 Å². The summed E-state index contributed by atoms with van der Waals surface area (Å²) >= 11 is 4.69. The van der Waals surface area contributed by atoms with Crippen molar-refractivity contribution >= 4 is 29.2 Å². The number of hydrogen-bond donors (Lipinski definition) is 4. The fraction of sp³-hybridized carbons (Fsp3) is 0.167. The molecule has 0 bridgehead atoms. The normalized spacial score (nSPS) is 9.31. The minimum atomic E-state index is -1.20. The number of aryl methyl sites for hydroxylation is 1. The van der Waals surface area contributed by atoms with Crippen LogP contribution in [-0.4, -0.2) is 26.5 Å². The highest BCUT2D eigenvalue weighted by Crippen LogP contribution is 2.07. The molecule has 0 saturated heterocycles. The van der Waals surface area contributed by atoms with E-state index in [9.17, 15) is 4.79 Å². The predicted molar refractivity (Wildman–Crippen MR) is 50.7 cm³/mol. The molecule has 13 heavy (non-hydrogen) atoms. The van der Waals surface area contributed by atoms with Gasteiger partial charge in [-0.1, -0.05) is 0 Å². The van der Waals surface area contributed by atoms with Gasteiger partial charge < -0.3 is 10.4 Å². The van der Waals surface area contributed by atoms with Crippen molar-refractivity contribution in [2.24, 2.45) is 0 Å². The van der Waals surface area contributed by atoms with Crippen LogP contribution >= 0.6 is 12.2 Å². The largest absolute Gasteiger partial charge is 0.465 e. The Morgan fingerprint density at radius 3 is 2.92 bits per heavy atom. The molecule has 1 heterocycles. The van der Waals surface area contributed by atoms with Gasteiger partial charge in [0.1, 0.15) is 5.82 Å². The first kappa shape index (κ1) is 9.46. The fourth-order valence-electron chi connectivity index (χ4n) is 0.715. The lowest BCUT2D eigenvalue weighted by atomic mass is 10.4. The lowest BCUT2D eigenvalue weighted by Crippen LogP contribution is -2.33. The molecule has 0 unspecified atom stereocenters. The van der Waals surface area contributed by atoms with Gasteiger partial charge in [0.05, 0.1) is 6.20 Å². The second kappa shape index (κ2) is 3.85. The van der Waals surface area contributed by atoms with E-state index in [1.165, 1.54) is 0 Å². The number of H-pyrrole nitrogens is 1. The Morgan fingerprint density at radius 1 is 1.77 bits per heavy atom. The third-order valence-electron chi connectivity index (χ3n) is 1.29. The minimum absolute atomic E-state index is 0.0138. The van der Waals surface area contributed by atoms with Gasteiger partial charge in [-0.25, -0.2) is 4.79 Å². The number of nitrogens with zero attached hydrogens (tertiary/aromatic N) is 1. The fourth-order valence-corrected chi connectivity index (χ4v) is 0.904. The van der Waals surface area contributed by atoms with Crippen LogP contribution in [0.15, 0.2) is 6.20 Å². The van der Waals surface area contributed by atoms with E-state index in [1.54, 1.807) is 6.20 Å². The van der Waals surface area contributed by atoms with Crippen LogP contribution in [0, 0.1) is 6.92 Å².